The van der Waals surface area contributed by atoms with Crippen molar-refractivity contribution < 1.29 is 14.3 Å². The molecule has 0 spiro atoms. The van der Waals surface area contributed by atoms with Crippen LogP contribution < -0.4 is 15.8 Å². The fraction of sp³-hybridized carbons (Fsp3) is 0.533. The maximum absolute atomic E-state index is 12.3. The quantitative estimate of drug-likeness (QED) is 0.819. The number of nitrogens with one attached hydrogen (secondary N) is 1. The summed E-state index contributed by atoms with van der Waals surface area (Å²) in [6.07, 6.45) is 3.51. The summed E-state index contributed by atoms with van der Waals surface area (Å²) in [7, 11) is 1.54. The van der Waals surface area contributed by atoms with Gasteiger partial charge in [0.15, 0.2) is 0 Å². The van der Waals surface area contributed by atoms with Crippen molar-refractivity contribution in [3.63, 3.8) is 0 Å². The fourth-order valence-corrected chi connectivity index (χ4v) is 2.76. The molecule has 1 heterocycles. The number of ether oxygens (including phenoxy) is 2. The number of carbonyl (C=O) groups excluding carboxylic acids is 1. The minimum absolute atomic E-state index is 0.0931. The first-order valence-electron chi connectivity index (χ1n) is 7.05. The molecule has 0 radical (unpaired) electrons. The molecule has 1 saturated carbocycles. The molecule has 2 fully saturated rings. The van der Waals surface area contributed by atoms with Crippen LogP contribution in [0.1, 0.15) is 29.6 Å². The van der Waals surface area contributed by atoms with Crippen LogP contribution in [0.4, 0.5) is 5.69 Å². The van der Waals surface area contributed by atoms with E-state index in [0.717, 1.165) is 13.0 Å². The third-order valence-corrected chi connectivity index (χ3v) is 4.03. The summed E-state index contributed by atoms with van der Waals surface area (Å²) in [6, 6.07) is 5.21. The second-order valence-corrected chi connectivity index (χ2v) is 5.50. The lowest BCUT2D eigenvalue weighted by Crippen LogP contribution is -2.41. The third kappa shape index (κ3) is 2.58. The smallest absolute Gasteiger partial charge is 0.251 e. The topological polar surface area (TPSA) is 73.6 Å². The largest absolute Gasteiger partial charge is 0.495 e. The Morgan fingerprint density at radius 1 is 1.40 bits per heavy atom. The maximum atomic E-state index is 12.3. The van der Waals surface area contributed by atoms with Gasteiger partial charge in [0.1, 0.15) is 5.75 Å². The Labute approximate surface area is 118 Å². The summed E-state index contributed by atoms with van der Waals surface area (Å²) in [5.41, 5.74) is 6.86. The van der Waals surface area contributed by atoms with Crippen LogP contribution in [0.15, 0.2) is 18.2 Å². The number of nitrogen functional groups attached to an aromatic ring is 1. The van der Waals surface area contributed by atoms with Gasteiger partial charge in [-0.15, -0.1) is 0 Å². The zero-order valence-electron chi connectivity index (χ0n) is 11.6. The molecule has 2 aliphatic rings. The van der Waals surface area contributed by atoms with Gasteiger partial charge in [0.2, 0.25) is 0 Å². The molecular formula is C15H20N2O3. The molecule has 2 unspecified atom stereocenters. The first-order chi connectivity index (χ1) is 9.69. The molecule has 3 rings (SSSR count). The molecule has 1 aliphatic heterocycles. The third-order valence-electron chi connectivity index (χ3n) is 4.03. The van der Waals surface area contributed by atoms with Crippen LogP contribution in [0.5, 0.6) is 5.75 Å². The van der Waals surface area contributed by atoms with Gasteiger partial charge >= 0.3 is 0 Å². The van der Waals surface area contributed by atoms with E-state index in [-0.39, 0.29) is 18.1 Å². The van der Waals surface area contributed by atoms with E-state index in [9.17, 15) is 4.79 Å². The van der Waals surface area contributed by atoms with Gasteiger partial charge < -0.3 is 20.5 Å². The Kier molecular flexibility index (Phi) is 3.53. The molecule has 0 aromatic heterocycles. The Balaban J connectivity index is 1.69. The predicted octanol–water partition coefficient (Wildman–Crippen LogP) is 1.57. The molecule has 1 aromatic rings. The SMILES string of the molecule is COc1cc(C(=O)NC2CCOC2C2CC2)ccc1N. The average molecular weight is 276 g/mol. The number of benzene rings is 1. The average Bonchev–Trinajstić information content (AvgIpc) is 3.20. The fourth-order valence-electron chi connectivity index (χ4n) is 2.76. The summed E-state index contributed by atoms with van der Waals surface area (Å²) < 4.78 is 10.9. The Bertz CT molecular complexity index is 514. The Morgan fingerprint density at radius 3 is 2.90 bits per heavy atom. The number of amides is 1. The van der Waals surface area contributed by atoms with Gasteiger partial charge in [-0.05, 0) is 43.4 Å². The summed E-state index contributed by atoms with van der Waals surface area (Å²) in [5.74, 6) is 1.06. The van der Waals surface area contributed by atoms with Crippen molar-refractivity contribution in [2.45, 2.75) is 31.4 Å². The van der Waals surface area contributed by atoms with Crippen molar-refractivity contribution in [3.8, 4) is 5.75 Å². The number of rotatable bonds is 4. The van der Waals surface area contributed by atoms with Crippen LogP contribution in [0, 0.1) is 5.92 Å². The number of methoxy groups -OCH3 is 1. The monoisotopic (exact) mass is 276 g/mol. The zero-order chi connectivity index (χ0) is 14.1. The van der Waals surface area contributed by atoms with Gasteiger partial charge in [-0.3, -0.25) is 4.79 Å². The van der Waals surface area contributed by atoms with Crippen LogP contribution in [-0.4, -0.2) is 31.8 Å². The standard InChI is InChI=1S/C15H20N2O3/c1-19-13-8-10(4-5-11(13)16)15(18)17-12-6-7-20-14(12)9-2-3-9/h4-5,8-9,12,14H,2-3,6-7,16H2,1H3,(H,17,18). The molecule has 5 nitrogen and oxygen atoms in total. The van der Waals surface area contributed by atoms with Crippen molar-refractivity contribution in [2.75, 3.05) is 19.5 Å². The molecule has 2 atom stereocenters. The summed E-state index contributed by atoms with van der Waals surface area (Å²) >= 11 is 0. The molecule has 3 N–H and O–H groups in total. The van der Waals surface area contributed by atoms with Gasteiger partial charge in [-0.2, -0.15) is 0 Å². The van der Waals surface area contributed by atoms with E-state index in [4.69, 9.17) is 15.2 Å². The van der Waals surface area contributed by atoms with Crippen molar-refractivity contribution >= 4 is 11.6 Å². The number of hydrogen-bond donors (Lipinski definition) is 2. The first-order valence-corrected chi connectivity index (χ1v) is 7.05. The van der Waals surface area contributed by atoms with Gasteiger partial charge in [0.25, 0.3) is 5.91 Å². The van der Waals surface area contributed by atoms with Gasteiger partial charge in [-0.1, -0.05) is 0 Å². The number of nitrogens with two attached hydrogens (primary N) is 1. The highest BCUT2D eigenvalue weighted by molar-refractivity contribution is 5.95. The summed E-state index contributed by atoms with van der Waals surface area (Å²) in [4.78, 5) is 12.3. The molecule has 5 heteroatoms. The van der Waals surface area contributed by atoms with Crippen molar-refractivity contribution in [1.29, 1.82) is 0 Å². The van der Waals surface area contributed by atoms with Crippen LogP contribution >= 0.6 is 0 Å². The van der Waals surface area contributed by atoms with E-state index in [1.165, 1.54) is 12.8 Å². The number of hydrogen-bond acceptors (Lipinski definition) is 4. The number of carbonyl (C=O) groups is 1. The molecular weight excluding hydrogens is 256 g/mol. The van der Waals surface area contributed by atoms with Crippen LogP contribution in [0.3, 0.4) is 0 Å². The zero-order valence-corrected chi connectivity index (χ0v) is 11.6. The molecule has 1 saturated heterocycles. The molecule has 0 bridgehead atoms. The second kappa shape index (κ2) is 5.32. The molecule has 1 amide bonds. The normalized spacial score (nSPS) is 25.4. The Morgan fingerprint density at radius 2 is 2.20 bits per heavy atom. The van der Waals surface area contributed by atoms with E-state index in [0.29, 0.717) is 22.9 Å². The minimum atomic E-state index is -0.0931. The second-order valence-electron chi connectivity index (χ2n) is 5.50. The van der Waals surface area contributed by atoms with Gasteiger partial charge in [0.05, 0.1) is 24.9 Å². The predicted molar refractivity (Wildman–Crippen MR) is 75.7 cm³/mol. The molecule has 20 heavy (non-hydrogen) atoms. The summed E-state index contributed by atoms with van der Waals surface area (Å²) in [5, 5.41) is 3.08. The maximum Gasteiger partial charge on any atom is 0.251 e. The highest BCUT2D eigenvalue weighted by Crippen LogP contribution is 2.38. The lowest BCUT2D eigenvalue weighted by Gasteiger charge is -2.19. The van der Waals surface area contributed by atoms with E-state index < -0.39 is 0 Å². The first kappa shape index (κ1) is 13.2. The van der Waals surface area contributed by atoms with Crippen LogP contribution in [0.2, 0.25) is 0 Å². The van der Waals surface area contributed by atoms with Crippen molar-refractivity contribution in [1.82, 2.24) is 5.32 Å². The molecule has 1 aromatic carbocycles. The molecule has 108 valence electrons. The molecule has 1 aliphatic carbocycles. The van der Waals surface area contributed by atoms with Crippen LogP contribution in [0.25, 0.3) is 0 Å². The van der Waals surface area contributed by atoms with Gasteiger partial charge in [-0.25, -0.2) is 0 Å². The van der Waals surface area contributed by atoms with Crippen molar-refractivity contribution in [2.24, 2.45) is 5.92 Å². The van der Waals surface area contributed by atoms with E-state index >= 15 is 0 Å². The minimum Gasteiger partial charge on any atom is -0.495 e. The van der Waals surface area contributed by atoms with Crippen molar-refractivity contribution in [3.05, 3.63) is 23.8 Å². The van der Waals surface area contributed by atoms with E-state index in [1.807, 2.05) is 0 Å². The lowest BCUT2D eigenvalue weighted by molar-refractivity contribution is 0.0729. The highest BCUT2D eigenvalue weighted by Gasteiger charge is 2.41. The van der Waals surface area contributed by atoms with E-state index in [1.54, 1.807) is 25.3 Å². The highest BCUT2D eigenvalue weighted by atomic mass is 16.5. The summed E-state index contributed by atoms with van der Waals surface area (Å²) in [6.45, 7) is 0.733. The lowest BCUT2D eigenvalue weighted by atomic mass is 10.1. The van der Waals surface area contributed by atoms with Gasteiger partial charge in [0, 0.05) is 12.2 Å². The Hall–Kier alpha value is -1.75. The number of anilines is 1. The van der Waals surface area contributed by atoms with E-state index in [2.05, 4.69) is 5.32 Å². The van der Waals surface area contributed by atoms with Crippen LogP contribution in [-0.2, 0) is 4.74 Å².